The number of unbranched alkanes of at least 4 members (excludes halogenated alkanes) is 1. The molecular weight excluding hydrogens is 979 g/mol. The van der Waals surface area contributed by atoms with Crippen molar-refractivity contribution in [3.8, 4) is 0 Å². The topological polar surface area (TPSA) is 368 Å². The first kappa shape index (κ1) is 57.2. The van der Waals surface area contributed by atoms with Gasteiger partial charge in [0.1, 0.15) is 42.3 Å². The Morgan fingerprint density at radius 2 is 1.50 bits per heavy atom. The van der Waals surface area contributed by atoms with E-state index in [1.165, 1.54) is 6.92 Å². The molecule has 0 bridgehead atoms. The fraction of sp³-hybridized carbons (Fsp3) is 0.472. The maximum Gasteiger partial charge on any atom is 0.246 e. The number of para-hydroxylation sites is 1. The predicted octanol–water partition coefficient (Wildman–Crippen LogP) is -0.584. The number of amides is 9. The van der Waals surface area contributed by atoms with Gasteiger partial charge in [-0.25, -0.2) is 0 Å². The molecule has 15 N–H and O–H groups in total. The minimum Gasteiger partial charge on any atom is -0.391 e. The van der Waals surface area contributed by atoms with Crippen LogP contribution in [0.3, 0.4) is 0 Å². The normalized spacial score (nSPS) is 23.0. The summed E-state index contributed by atoms with van der Waals surface area (Å²) in [6, 6.07) is 10.9. The molecule has 1 aromatic heterocycles. The first-order valence-electron chi connectivity index (χ1n) is 25.8. The van der Waals surface area contributed by atoms with E-state index < -0.39 is 108 Å². The number of benzene rings is 3. The molecule has 8 atom stereocenters. The largest absolute Gasteiger partial charge is 0.391 e. The number of aliphatic hydroxyl groups excluding tert-OH is 1. The van der Waals surface area contributed by atoms with E-state index in [0.29, 0.717) is 24.0 Å². The third-order valence-electron chi connectivity index (χ3n) is 13.5. The number of nitrogens with one attached hydrogen (secondary N) is 8. The summed E-state index contributed by atoms with van der Waals surface area (Å²) in [6.45, 7) is 2.86. The molecule has 2 fully saturated rings. The van der Waals surface area contributed by atoms with Crippen LogP contribution in [0.25, 0.3) is 21.7 Å². The lowest BCUT2D eigenvalue weighted by atomic mass is 9.99. The number of aliphatic imine (C=N–C) groups is 1. The number of aliphatic hydroxyl groups is 1. The smallest absolute Gasteiger partial charge is 0.246 e. The summed E-state index contributed by atoms with van der Waals surface area (Å²) >= 11 is 0. The van der Waals surface area contributed by atoms with Gasteiger partial charge < -0.3 is 69.4 Å². The fourth-order valence-corrected chi connectivity index (χ4v) is 9.54. The Morgan fingerprint density at radius 3 is 2.24 bits per heavy atom. The highest BCUT2D eigenvalue weighted by molar-refractivity contribution is 5.99. The second-order valence-electron chi connectivity index (χ2n) is 19.4. The molecule has 4 aromatic rings. The number of aromatic amines is 1. The van der Waals surface area contributed by atoms with Gasteiger partial charge in [-0.15, -0.1) is 0 Å². The Bertz CT molecular complexity index is 2780. The first-order chi connectivity index (χ1) is 36.4. The Balaban J connectivity index is 1.39. The highest BCUT2D eigenvalue weighted by atomic mass is 16.3. The molecule has 408 valence electrons. The zero-order valence-electron chi connectivity index (χ0n) is 42.9. The zero-order valence-corrected chi connectivity index (χ0v) is 42.9. The van der Waals surface area contributed by atoms with Crippen LogP contribution >= 0.6 is 0 Å². The van der Waals surface area contributed by atoms with E-state index >= 15 is 0 Å². The van der Waals surface area contributed by atoms with Gasteiger partial charge in [0.05, 0.1) is 12.5 Å². The van der Waals surface area contributed by atoms with Crippen LogP contribution in [-0.4, -0.2) is 142 Å². The van der Waals surface area contributed by atoms with Crippen molar-refractivity contribution < 1.29 is 48.3 Å². The molecule has 0 aliphatic carbocycles. The number of primary amides is 1. The van der Waals surface area contributed by atoms with Gasteiger partial charge in [-0.1, -0.05) is 80.4 Å². The molecule has 2 saturated heterocycles. The van der Waals surface area contributed by atoms with Crippen molar-refractivity contribution in [2.75, 3.05) is 19.6 Å². The number of H-pyrrole nitrogens is 1. The number of aromatic nitrogens is 1. The van der Waals surface area contributed by atoms with Crippen LogP contribution < -0.4 is 54.4 Å². The van der Waals surface area contributed by atoms with E-state index in [0.717, 1.165) is 26.6 Å². The lowest BCUT2D eigenvalue weighted by molar-refractivity contribution is -0.143. The first-order valence-corrected chi connectivity index (χ1v) is 25.8. The van der Waals surface area contributed by atoms with Crippen molar-refractivity contribution >= 4 is 80.8 Å². The molecule has 0 spiro atoms. The van der Waals surface area contributed by atoms with E-state index in [2.05, 4.69) is 47.2 Å². The van der Waals surface area contributed by atoms with Gasteiger partial charge in [-0.05, 0) is 66.5 Å². The lowest BCUT2D eigenvalue weighted by Gasteiger charge is -2.30. The molecule has 3 aromatic carbocycles. The summed E-state index contributed by atoms with van der Waals surface area (Å²) in [4.78, 5) is 134. The quantitative estimate of drug-likeness (QED) is 0.0404. The molecular formula is C53H71N13O10. The average molecular weight is 1050 g/mol. The maximum absolute atomic E-state index is 14.9. The molecule has 2 aliphatic heterocycles. The minimum atomic E-state index is -1.59. The van der Waals surface area contributed by atoms with Gasteiger partial charge in [-0.2, -0.15) is 0 Å². The molecule has 0 unspecified atom stereocenters. The van der Waals surface area contributed by atoms with Crippen LogP contribution in [0.4, 0.5) is 0 Å². The third-order valence-corrected chi connectivity index (χ3v) is 13.5. The van der Waals surface area contributed by atoms with Crippen LogP contribution in [0.2, 0.25) is 0 Å². The number of nitrogens with zero attached hydrogens (tertiary/aromatic N) is 2. The monoisotopic (exact) mass is 1050 g/mol. The Morgan fingerprint density at radius 1 is 0.816 bits per heavy atom. The number of guanidine groups is 1. The number of rotatable bonds is 15. The summed E-state index contributed by atoms with van der Waals surface area (Å²) in [5, 5.41) is 32.6. The Hall–Kier alpha value is -8.08. The summed E-state index contributed by atoms with van der Waals surface area (Å²) < 4.78 is 0. The van der Waals surface area contributed by atoms with E-state index in [1.54, 1.807) is 12.3 Å². The highest BCUT2D eigenvalue weighted by Gasteiger charge is 2.44. The second-order valence-corrected chi connectivity index (χ2v) is 19.4. The van der Waals surface area contributed by atoms with Crippen molar-refractivity contribution in [2.24, 2.45) is 22.2 Å². The van der Waals surface area contributed by atoms with Gasteiger partial charge in [0, 0.05) is 62.9 Å². The Labute approximate surface area is 440 Å². The van der Waals surface area contributed by atoms with Crippen LogP contribution in [0.15, 0.2) is 77.9 Å². The molecule has 3 heterocycles. The van der Waals surface area contributed by atoms with E-state index in [9.17, 15) is 48.3 Å². The van der Waals surface area contributed by atoms with Crippen molar-refractivity contribution in [2.45, 2.75) is 139 Å². The molecule has 9 amide bonds. The van der Waals surface area contributed by atoms with Gasteiger partial charge >= 0.3 is 0 Å². The summed E-state index contributed by atoms with van der Waals surface area (Å²) in [5.74, 6) is -7.09. The number of carbonyl (C=O) groups is 9. The zero-order chi connectivity index (χ0) is 54.9. The van der Waals surface area contributed by atoms with E-state index in [-0.39, 0.29) is 83.4 Å². The lowest BCUT2D eigenvalue weighted by Crippen LogP contribution is -2.60. The molecule has 23 heteroatoms. The van der Waals surface area contributed by atoms with Gasteiger partial charge in [-0.3, -0.25) is 48.1 Å². The van der Waals surface area contributed by atoms with Gasteiger partial charge in [0.2, 0.25) is 53.2 Å². The SMILES string of the molecule is CCCC[C@H](NC(C)=O)C(=O)N[C@H]1CC(=O)NCCCC[C@@H](C(N)=O)NC(=O)[C@H](Cc2c[nH]c3ccccc23)NC(=O)[C@H](CCCN=C(N)N)NC(=O)[C@@H](Cc2ccc3ccccc3c2)NC(=O)[C@@H]2C[C@@H](O)CN2C1=O. The minimum absolute atomic E-state index is 0.0337. The number of hydrogen-bond donors (Lipinski definition) is 12. The van der Waals surface area contributed by atoms with Crippen LogP contribution in [0.1, 0.15) is 89.2 Å². The van der Waals surface area contributed by atoms with Crippen molar-refractivity contribution in [3.05, 3.63) is 84.1 Å². The summed E-state index contributed by atoms with van der Waals surface area (Å²) in [6.07, 6.45) is 1.51. The maximum atomic E-state index is 14.9. The number of fused-ring (bicyclic) bond motifs is 3. The van der Waals surface area contributed by atoms with Gasteiger partial charge in [0.15, 0.2) is 5.96 Å². The molecule has 2 aliphatic rings. The third kappa shape index (κ3) is 16.2. The van der Waals surface area contributed by atoms with Crippen LogP contribution in [0.5, 0.6) is 0 Å². The number of carbonyl (C=O) groups excluding carboxylic acids is 9. The number of nitrogens with two attached hydrogens (primary N) is 3. The van der Waals surface area contributed by atoms with Crippen molar-refractivity contribution in [1.82, 2.24) is 47.1 Å². The summed E-state index contributed by atoms with van der Waals surface area (Å²) in [5.41, 5.74) is 19.0. The van der Waals surface area contributed by atoms with Crippen LogP contribution in [0, 0.1) is 0 Å². The van der Waals surface area contributed by atoms with Gasteiger partial charge in [0.25, 0.3) is 0 Å². The molecule has 0 saturated carbocycles. The summed E-state index contributed by atoms with van der Waals surface area (Å²) in [7, 11) is 0. The van der Waals surface area contributed by atoms with E-state index in [1.807, 2.05) is 67.6 Å². The molecule has 76 heavy (non-hydrogen) atoms. The standard InChI is InChI=1S/C53H71N13O10/c1-3-4-15-39(60-30(2)67)47(71)65-43-27-45(69)57-21-10-9-17-38(46(54)70)61-50(74)42(25-34-28-59-37-16-8-7-14-36(34)37)63-48(72)40(18-11-22-58-53(55)56)62-49(73)41(24-31-19-20-32-12-5-6-13-33(32)23-31)64-51(75)44-26-35(68)29-66(44)52(43)76/h5-8,12-14,16,19-20,23,28,35,38-44,59,68H,3-4,9-11,15,17-18,21-22,24-27,29H2,1-2H3,(H2,54,70)(H,57,69)(H,60,67)(H,61,74)(H,62,73)(H,63,72)(H,64,75)(H,65,71)(H4,55,56,58)/t35-,38+,39+,40+,41-,42+,43+,44+/m1/s1. The predicted molar refractivity (Wildman–Crippen MR) is 283 cm³/mol. The van der Waals surface area contributed by atoms with Crippen LogP contribution in [-0.2, 0) is 56.0 Å². The molecule has 0 radical (unpaired) electrons. The van der Waals surface area contributed by atoms with Crippen molar-refractivity contribution in [1.29, 1.82) is 0 Å². The van der Waals surface area contributed by atoms with E-state index in [4.69, 9.17) is 17.2 Å². The second kappa shape index (κ2) is 27.5. The number of hydrogen-bond acceptors (Lipinski definition) is 11. The Kier molecular flexibility index (Phi) is 20.7. The van der Waals surface area contributed by atoms with Crippen molar-refractivity contribution in [3.63, 3.8) is 0 Å². The fourth-order valence-electron chi connectivity index (χ4n) is 9.54. The average Bonchev–Trinajstić information content (AvgIpc) is 3.99. The molecule has 6 rings (SSSR count). The molecule has 23 nitrogen and oxygen atoms in total. The highest BCUT2D eigenvalue weighted by Crippen LogP contribution is 2.23.